The van der Waals surface area contributed by atoms with Crippen molar-refractivity contribution < 1.29 is 9.59 Å². The highest BCUT2D eigenvalue weighted by Gasteiger charge is 2.21. The van der Waals surface area contributed by atoms with Crippen molar-refractivity contribution in [3.63, 3.8) is 0 Å². The van der Waals surface area contributed by atoms with Crippen molar-refractivity contribution in [3.8, 4) is 0 Å². The fourth-order valence-corrected chi connectivity index (χ4v) is 3.50. The van der Waals surface area contributed by atoms with E-state index in [1.807, 2.05) is 4.90 Å². The largest absolute Gasteiger partial charge is 0.339 e. The van der Waals surface area contributed by atoms with Gasteiger partial charge in [0.25, 0.3) is 11.8 Å². The minimum Gasteiger partial charge on any atom is -0.339 e. The second kappa shape index (κ2) is 9.17. The molecule has 0 spiro atoms. The zero-order valence-corrected chi connectivity index (χ0v) is 17.1. The van der Waals surface area contributed by atoms with Crippen LogP contribution < -0.4 is 10.6 Å². The summed E-state index contributed by atoms with van der Waals surface area (Å²) in [6.07, 6.45) is 2.09. The molecule has 0 atom stereocenters. The summed E-state index contributed by atoms with van der Waals surface area (Å²) in [5.41, 5.74) is 1.68. The summed E-state index contributed by atoms with van der Waals surface area (Å²) in [4.78, 5) is 26.7. The Bertz CT molecular complexity index is 877. The van der Waals surface area contributed by atoms with Gasteiger partial charge >= 0.3 is 0 Å². The number of carbonyl (C=O) groups is 2. The molecule has 7 heteroatoms. The summed E-state index contributed by atoms with van der Waals surface area (Å²) < 4.78 is 0. The van der Waals surface area contributed by atoms with Gasteiger partial charge in [-0.2, -0.15) is 0 Å². The number of hydrogen-bond acceptors (Lipinski definition) is 3. The molecule has 1 aliphatic heterocycles. The van der Waals surface area contributed by atoms with Gasteiger partial charge in [0.15, 0.2) is 5.11 Å². The van der Waals surface area contributed by atoms with E-state index in [4.69, 9.17) is 23.8 Å². The quantitative estimate of drug-likeness (QED) is 0.732. The number of halogens is 1. The van der Waals surface area contributed by atoms with Crippen LogP contribution in [0.5, 0.6) is 0 Å². The number of piperidine rings is 1. The normalized spacial score (nSPS) is 14.4. The van der Waals surface area contributed by atoms with Crippen LogP contribution in [0.25, 0.3) is 0 Å². The van der Waals surface area contributed by atoms with E-state index in [1.54, 1.807) is 48.5 Å². The molecule has 0 unspecified atom stereocenters. The second-order valence-electron chi connectivity index (χ2n) is 6.94. The van der Waals surface area contributed by atoms with Crippen LogP contribution in [0.15, 0.2) is 48.5 Å². The molecule has 0 aliphatic carbocycles. The Morgan fingerprint density at radius 3 is 2.36 bits per heavy atom. The van der Waals surface area contributed by atoms with Crippen LogP contribution in [0.4, 0.5) is 5.69 Å². The van der Waals surface area contributed by atoms with Crippen molar-refractivity contribution in [1.29, 1.82) is 0 Å². The molecular formula is C21H22ClN3O2S. The summed E-state index contributed by atoms with van der Waals surface area (Å²) in [5.74, 6) is 0.347. The number of carbonyl (C=O) groups excluding carboxylic acids is 2. The standard InChI is InChI=1S/C21H22ClN3O2S/c1-14-10-12-25(13-11-14)20(27)15-6-8-16(9-7-15)23-21(28)24-19(26)17-4-2-3-5-18(17)22/h2-9,14H,10-13H2,1H3,(H2,23,24,26,28). The predicted molar refractivity (Wildman–Crippen MR) is 116 cm³/mol. The molecule has 5 nitrogen and oxygen atoms in total. The maximum absolute atomic E-state index is 12.6. The highest BCUT2D eigenvalue weighted by atomic mass is 35.5. The van der Waals surface area contributed by atoms with E-state index < -0.39 is 0 Å². The molecule has 2 aromatic carbocycles. The molecule has 1 heterocycles. The number of nitrogens with zero attached hydrogens (tertiary/aromatic N) is 1. The Hall–Kier alpha value is -2.44. The van der Waals surface area contributed by atoms with Crippen LogP contribution in [0.3, 0.4) is 0 Å². The van der Waals surface area contributed by atoms with Crippen LogP contribution >= 0.6 is 23.8 Å². The first-order chi connectivity index (χ1) is 13.4. The third-order valence-corrected chi connectivity index (χ3v) is 5.34. The van der Waals surface area contributed by atoms with E-state index in [9.17, 15) is 9.59 Å². The molecule has 1 saturated heterocycles. The van der Waals surface area contributed by atoms with Gasteiger partial charge in [-0.25, -0.2) is 0 Å². The summed E-state index contributed by atoms with van der Waals surface area (Å²) in [6, 6.07) is 13.8. The third kappa shape index (κ3) is 5.09. The van der Waals surface area contributed by atoms with Crippen molar-refractivity contribution in [2.45, 2.75) is 19.8 Å². The van der Waals surface area contributed by atoms with Gasteiger partial charge in [-0.1, -0.05) is 30.7 Å². The van der Waals surface area contributed by atoms with E-state index in [0.29, 0.717) is 27.8 Å². The highest BCUT2D eigenvalue weighted by molar-refractivity contribution is 7.80. The van der Waals surface area contributed by atoms with Gasteiger partial charge in [-0.05, 0) is 67.4 Å². The first kappa shape index (κ1) is 20.3. The zero-order chi connectivity index (χ0) is 20.1. The van der Waals surface area contributed by atoms with Gasteiger partial charge in [0, 0.05) is 24.3 Å². The number of thiocarbonyl (C=S) groups is 1. The summed E-state index contributed by atoms with van der Waals surface area (Å²) in [6.45, 7) is 3.83. The average Bonchev–Trinajstić information content (AvgIpc) is 2.69. The number of amides is 2. The maximum atomic E-state index is 12.6. The van der Waals surface area contributed by atoms with Gasteiger partial charge in [0.1, 0.15) is 0 Å². The number of likely N-dealkylation sites (tertiary alicyclic amines) is 1. The van der Waals surface area contributed by atoms with Gasteiger partial charge < -0.3 is 10.2 Å². The molecule has 0 bridgehead atoms. The predicted octanol–water partition coefficient (Wildman–Crippen LogP) is 4.34. The van der Waals surface area contributed by atoms with Crippen molar-refractivity contribution in [2.75, 3.05) is 18.4 Å². The van der Waals surface area contributed by atoms with Crippen molar-refractivity contribution in [2.24, 2.45) is 5.92 Å². The lowest BCUT2D eigenvalue weighted by Gasteiger charge is -2.30. The number of hydrogen-bond donors (Lipinski definition) is 2. The molecule has 0 radical (unpaired) electrons. The molecule has 0 saturated carbocycles. The fraction of sp³-hybridized carbons (Fsp3) is 0.286. The molecular weight excluding hydrogens is 394 g/mol. The van der Waals surface area contributed by atoms with Crippen molar-refractivity contribution in [1.82, 2.24) is 10.2 Å². The van der Waals surface area contributed by atoms with E-state index in [0.717, 1.165) is 25.9 Å². The summed E-state index contributed by atoms with van der Waals surface area (Å²) >= 11 is 11.2. The van der Waals surface area contributed by atoms with Crippen LogP contribution in [-0.4, -0.2) is 34.9 Å². The molecule has 2 amide bonds. The van der Waals surface area contributed by atoms with Crippen molar-refractivity contribution in [3.05, 3.63) is 64.7 Å². The number of rotatable bonds is 3. The fourth-order valence-electron chi connectivity index (χ4n) is 3.07. The number of anilines is 1. The van der Waals surface area contributed by atoms with Gasteiger partial charge in [-0.15, -0.1) is 0 Å². The molecule has 2 N–H and O–H groups in total. The third-order valence-electron chi connectivity index (χ3n) is 4.81. The molecule has 2 aromatic rings. The first-order valence-corrected chi connectivity index (χ1v) is 9.99. The SMILES string of the molecule is CC1CCN(C(=O)c2ccc(NC(=S)NC(=O)c3ccccc3Cl)cc2)CC1. The molecule has 3 rings (SSSR count). The summed E-state index contributed by atoms with van der Waals surface area (Å²) in [5, 5.41) is 6.07. The van der Waals surface area contributed by atoms with Crippen LogP contribution in [0, 0.1) is 5.92 Å². The van der Waals surface area contributed by atoms with E-state index in [1.165, 1.54) is 0 Å². The van der Waals surface area contributed by atoms with Gasteiger partial charge in [0.05, 0.1) is 10.6 Å². The Balaban J connectivity index is 1.56. The molecule has 28 heavy (non-hydrogen) atoms. The average molecular weight is 416 g/mol. The van der Waals surface area contributed by atoms with E-state index >= 15 is 0 Å². The highest BCUT2D eigenvalue weighted by Crippen LogP contribution is 2.19. The van der Waals surface area contributed by atoms with Gasteiger partial charge in [-0.3, -0.25) is 14.9 Å². The minimum absolute atomic E-state index is 0.0491. The topological polar surface area (TPSA) is 61.4 Å². The summed E-state index contributed by atoms with van der Waals surface area (Å²) in [7, 11) is 0. The number of benzene rings is 2. The van der Waals surface area contributed by atoms with Crippen LogP contribution in [0.2, 0.25) is 5.02 Å². The smallest absolute Gasteiger partial charge is 0.258 e. The second-order valence-corrected chi connectivity index (χ2v) is 7.76. The maximum Gasteiger partial charge on any atom is 0.258 e. The Kier molecular flexibility index (Phi) is 6.65. The number of nitrogens with one attached hydrogen (secondary N) is 2. The lowest BCUT2D eigenvalue weighted by atomic mass is 9.98. The van der Waals surface area contributed by atoms with Crippen molar-refractivity contribution >= 4 is 46.4 Å². The van der Waals surface area contributed by atoms with Crippen LogP contribution in [-0.2, 0) is 0 Å². The van der Waals surface area contributed by atoms with Gasteiger partial charge in [0.2, 0.25) is 0 Å². The van der Waals surface area contributed by atoms with E-state index in [-0.39, 0.29) is 16.9 Å². The monoisotopic (exact) mass is 415 g/mol. The molecule has 1 aliphatic rings. The first-order valence-electron chi connectivity index (χ1n) is 9.20. The lowest BCUT2D eigenvalue weighted by Crippen LogP contribution is -2.37. The van der Waals surface area contributed by atoms with E-state index in [2.05, 4.69) is 17.6 Å². The zero-order valence-electron chi connectivity index (χ0n) is 15.6. The Labute approximate surface area is 175 Å². The molecule has 146 valence electrons. The minimum atomic E-state index is -0.380. The Morgan fingerprint density at radius 1 is 1.07 bits per heavy atom. The molecule has 1 fully saturated rings. The Morgan fingerprint density at radius 2 is 1.71 bits per heavy atom. The lowest BCUT2D eigenvalue weighted by molar-refractivity contribution is 0.0697. The van der Waals surface area contributed by atoms with Crippen LogP contribution in [0.1, 0.15) is 40.5 Å². The molecule has 0 aromatic heterocycles.